The molecule has 0 amide bonds. The van der Waals surface area contributed by atoms with Crippen LogP contribution >= 0.6 is 0 Å². The average Bonchev–Trinajstić information content (AvgIpc) is 2.44. The van der Waals surface area contributed by atoms with Gasteiger partial charge in [-0.1, -0.05) is 17.7 Å². The third-order valence-electron chi connectivity index (χ3n) is 6.36. The summed E-state index contributed by atoms with van der Waals surface area (Å²) in [6.07, 6.45) is 7.12. The van der Waals surface area contributed by atoms with Gasteiger partial charge in [0.25, 0.3) is 0 Å². The summed E-state index contributed by atoms with van der Waals surface area (Å²) in [5, 5.41) is 3.89. The van der Waals surface area contributed by atoms with Crippen LogP contribution < -0.4 is 11.1 Å². The van der Waals surface area contributed by atoms with Crippen LogP contribution in [0.4, 0.5) is 5.69 Å². The molecule has 4 saturated carbocycles. The lowest BCUT2D eigenvalue weighted by Crippen LogP contribution is -2.65. The average molecular weight is 270 g/mol. The van der Waals surface area contributed by atoms with Crippen molar-refractivity contribution in [2.45, 2.75) is 44.6 Å². The molecule has 1 aromatic rings. The highest BCUT2D eigenvalue weighted by Crippen LogP contribution is 2.58. The van der Waals surface area contributed by atoms with E-state index in [1.807, 2.05) is 0 Å². The predicted octanol–water partition coefficient (Wildman–Crippen LogP) is 3.56. The van der Waals surface area contributed by atoms with Crippen molar-refractivity contribution in [2.75, 3.05) is 11.9 Å². The molecular weight excluding hydrogens is 244 g/mol. The molecule has 0 aromatic heterocycles. The van der Waals surface area contributed by atoms with Gasteiger partial charge in [0.15, 0.2) is 0 Å². The van der Waals surface area contributed by atoms with E-state index in [4.69, 9.17) is 5.73 Å². The van der Waals surface area contributed by atoms with Gasteiger partial charge in [-0.3, -0.25) is 0 Å². The topological polar surface area (TPSA) is 38.0 Å². The molecule has 0 saturated heterocycles. The van der Waals surface area contributed by atoms with E-state index in [9.17, 15) is 0 Å². The Morgan fingerprint density at radius 3 is 2.05 bits per heavy atom. The van der Waals surface area contributed by atoms with Gasteiger partial charge >= 0.3 is 0 Å². The molecule has 4 aliphatic carbocycles. The number of nitrogens with one attached hydrogen (secondary N) is 1. The molecule has 4 bridgehead atoms. The van der Waals surface area contributed by atoms with Crippen LogP contribution in [0.25, 0.3) is 0 Å². The Hall–Kier alpha value is -1.02. The van der Waals surface area contributed by atoms with E-state index in [1.165, 1.54) is 43.4 Å². The van der Waals surface area contributed by atoms with Crippen molar-refractivity contribution in [1.29, 1.82) is 0 Å². The smallest absolute Gasteiger partial charge is 0.0552 e. The van der Waals surface area contributed by atoms with Gasteiger partial charge < -0.3 is 11.1 Å². The van der Waals surface area contributed by atoms with Crippen molar-refractivity contribution in [1.82, 2.24) is 0 Å². The highest BCUT2D eigenvalue weighted by molar-refractivity contribution is 5.48. The van der Waals surface area contributed by atoms with E-state index in [0.29, 0.717) is 0 Å². The van der Waals surface area contributed by atoms with E-state index in [2.05, 4.69) is 36.5 Å². The third-order valence-corrected chi connectivity index (χ3v) is 6.36. The maximum atomic E-state index is 6.30. The Balaban J connectivity index is 1.64. The van der Waals surface area contributed by atoms with E-state index in [1.54, 1.807) is 0 Å². The quantitative estimate of drug-likeness (QED) is 0.881. The fourth-order valence-electron chi connectivity index (χ4n) is 5.52. The van der Waals surface area contributed by atoms with Crippen molar-refractivity contribution in [2.24, 2.45) is 29.4 Å². The van der Waals surface area contributed by atoms with Gasteiger partial charge in [-0.15, -0.1) is 0 Å². The molecule has 0 radical (unpaired) electrons. The maximum Gasteiger partial charge on any atom is 0.0552 e. The lowest BCUT2D eigenvalue weighted by atomic mass is 9.48. The highest BCUT2D eigenvalue weighted by atomic mass is 15.0. The fourth-order valence-corrected chi connectivity index (χ4v) is 5.52. The summed E-state index contributed by atoms with van der Waals surface area (Å²) in [4.78, 5) is 0. The summed E-state index contributed by atoms with van der Waals surface area (Å²) >= 11 is 0. The normalized spacial score (nSPS) is 41.9. The van der Waals surface area contributed by atoms with Crippen molar-refractivity contribution in [3.8, 4) is 0 Å². The monoisotopic (exact) mass is 270 g/mol. The summed E-state index contributed by atoms with van der Waals surface area (Å²) in [5.41, 5.74) is 9.05. The van der Waals surface area contributed by atoms with Crippen molar-refractivity contribution < 1.29 is 0 Å². The minimum Gasteiger partial charge on any atom is -0.378 e. The van der Waals surface area contributed by atoms with E-state index in [-0.39, 0.29) is 5.54 Å². The van der Waals surface area contributed by atoms with Crippen LogP contribution in [0.15, 0.2) is 24.3 Å². The molecule has 3 N–H and O–H groups in total. The van der Waals surface area contributed by atoms with E-state index >= 15 is 0 Å². The molecule has 1 aromatic carbocycles. The van der Waals surface area contributed by atoms with Crippen LogP contribution in [0.2, 0.25) is 0 Å². The van der Waals surface area contributed by atoms with Gasteiger partial charge in [0.2, 0.25) is 0 Å². The standard InChI is InChI=1S/C18H26N2/c1-12-2-4-17(5-3-12)20-18(11-19)15-7-13-6-14(9-15)10-16(18)8-13/h2-5,13-16,20H,6-11,19H2,1H3. The molecule has 20 heavy (non-hydrogen) atoms. The third kappa shape index (κ3) is 1.81. The largest absolute Gasteiger partial charge is 0.378 e. The first-order chi connectivity index (χ1) is 9.69. The Morgan fingerprint density at radius 2 is 1.55 bits per heavy atom. The molecule has 2 heteroatoms. The second-order valence-corrected chi connectivity index (χ2v) is 7.54. The minimum absolute atomic E-state index is 0.169. The van der Waals surface area contributed by atoms with E-state index < -0.39 is 0 Å². The van der Waals surface area contributed by atoms with Gasteiger partial charge in [-0.25, -0.2) is 0 Å². The zero-order valence-electron chi connectivity index (χ0n) is 12.4. The second-order valence-electron chi connectivity index (χ2n) is 7.54. The lowest BCUT2D eigenvalue weighted by Gasteiger charge is -2.61. The van der Waals surface area contributed by atoms with Crippen LogP contribution in [0.5, 0.6) is 0 Å². The Labute approximate surface area is 122 Å². The molecule has 0 spiro atoms. The highest BCUT2D eigenvalue weighted by Gasteiger charge is 2.56. The second kappa shape index (κ2) is 4.49. The Bertz CT molecular complexity index is 463. The molecule has 4 fully saturated rings. The SMILES string of the molecule is Cc1ccc(NC2(CN)C3CC4CC(C3)CC2C4)cc1. The molecular formula is C18H26N2. The number of anilines is 1. The number of aryl methyl sites for hydroxylation is 1. The van der Waals surface area contributed by atoms with Crippen LogP contribution in [-0.2, 0) is 0 Å². The van der Waals surface area contributed by atoms with Gasteiger partial charge in [0.1, 0.15) is 0 Å². The number of nitrogens with two attached hydrogens (primary N) is 1. The number of hydrogen-bond acceptors (Lipinski definition) is 2. The van der Waals surface area contributed by atoms with Crippen molar-refractivity contribution >= 4 is 5.69 Å². The molecule has 0 unspecified atom stereocenters. The fraction of sp³-hybridized carbons (Fsp3) is 0.667. The maximum absolute atomic E-state index is 6.30. The minimum atomic E-state index is 0.169. The van der Waals surface area contributed by atoms with Crippen molar-refractivity contribution in [3.05, 3.63) is 29.8 Å². The molecule has 4 aliphatic rings. The van der Waals surface area contributed by atoms with E-state index in [0.717, 1.165) is 30.2 Å². The Morgan fingerprint density at radius 1 is 1.00 bits per heavy atom. The molecule has 0 aliphatic heterocycles. The lowest BCUT2D eigenvalue weighted by molar-refractivity contribution is -0.0405. The molecule has 0 heterocycles. The number of benzene rings is 1. The molecule has 0 atom stereocenters. The first-order valence-electron chi connectivity index (χ1n) is 8.24. The summed E-state index contributed by atoms with van der Waals surface area (Å²) in [7, 11) is 0. The first-order valence-corrected chi connectivity index (χ1v) is 8.24. The first kappa shape index (κ1) is 12.7. The summed E-state index contributed by atoms with van der Waals surface area (Å²) in [6.45, 7) is 2.93. The zero-order chi connectivity index (χ0) is 13.7. The molecule has 5 rings (SSSR count). The summed E-state index contributed by atoms with van der Waals surface area (Å²) in [6, 6.07) is 8.83. The Kier molecular flexibility index (Phi) is 2.85. The van der Waals surface area contributed by atoms with Gasteiger partial charge in [-0.2, -0.15) is 0 Å². The van der Waals surface area contributed by atoms with Crippen LogP contribution in [0.1, 0.15) is 37.7 Å². The zero-order valence-corrected chi connectivity index (χ0v) is 12.4. The molecule has 108 valence electrons. The van der Waals surface area contributed by atoms with Crippen LogP contribution in [-0.4, -0.2) is 12.1 Å². The van der Waals surface area contributed by atoms with Crippen molar-refractivity contribution in [3.63, 3.8) is 0 Å². The van der Waals surface area contributed by atoms with Crippen LogP contribution in [0, 0.1) is 30.6 Å². The van der Waals surface area contributed by atoms with Gasteiger partial charge in [0.05, 0.1) is 5.54 Å². The summed E-state index contributed by atoms with van der Waals surface area (Å²) < 4.78 is 0. The van der Waals surface area contributed by atoms with Gasteiger partial charge in [0, 0.05) is 12.2 Å². The predicted molar refractivity (Wildman–Crippen MR) is 83.6 cm³/mol. The van der Waals surface area contributed by atoms with Crippen LogP contribution in [0.3, 0.4) is 0 Å². The number of hydrogen-bond donors (Lipinski definition) is 2. The summed E-state index contributed by atoms with van der Waals surface area (Å²) in [5.74, 6) is 3.59. The molecule has 2 nitrogen and oxygen atoms in total. The number of rotatable bonds is 3. The van der Waals surface area contributed by atoms with Gasteiger partial charge in [-0.05, 0) is 74.8 Å².